The van der Waals surface area contributed by atoms with Gasteiger partial charge in [0.1, 0.15) is 6.61 Å². The normalized spacial score (nSPS) is 13.7. The first-order chi connectivity index (χ1) is 31.6. The molecule has 0 spiro atoms. The van der Waals surface area contributed by atoms with E-state index in [1.165, 1.54) is 0 Å². The molecule has 0 amide bonds. The van der Waals surface area contributed by atoms with Gasteiger partial charge in [0, 0.05) is 13.0 Å². The highest BCUT2D eigenvalue weighted by molar-refractivity contribution is 5.71. The lowest BCUT2D eigenvalue weighted by molar-refractivity contribution is -0.162. The van der Waals surface area contributed by atoms with Crippen molar-refractivity contribution in [1.29, 1.82) is 0 Å². The van der Waals surface area contributed by atoms with Crippen molar-refractivity contribution >= 4 is 11.9 Å². The first kappa shape index (κ1) is 59.3. The van der Waals surface area contributed by atoms with E-state index in [9.17, 15) is 9.59 Å². The van der Waals surface area contributed by atoms with Crippen molar-refractivity contribution in [2.24, 2.45) is 0 Å². The molecule has 0 aromatic rings. The van der Waals surface area contributed by atoms with Crippen molar-refractivity contribution in [3.8, 4) is 0 Å². The zero-order valence-corrected chi connectivity index (χ0v) is 40.5. The van der Waals surface area contributed by atoms with Gasteiger partial charge < -0.3 is 14.2 Å². The van der Waals surface area contributed by atoms with E-state index < -0.39 is 6.10 Å². The summed E-state index contributed by atoms with van der Waals surface area (Å²) in [4.78, 5) is 25.3. The number of unbranched alkanes of at least 4 members (excludes halogenated alkanes) is 4. The van der Waals surface area contributed by atoms with Crippen molar-refractivity contribution in [3.05, 3.63) is 170 Å². The molecule has 0 heterocycles. The third-order valence-corrected chi connectivity index (χ3v) is 9.26. The molecule has 5 nitrogen and oxygen atoms in total. The van der Waals surface area contributed by atoms with E-state index >= 15 is 0 Å². The summed E-state index contributed by atoms with van der Waals surface area (Å²) in [7, 11) is 0. The molecule has 0 rings (SSSR count). The van der Waals surface area contributed by atoms with Crippen molar-refractivity contribution in [2.45, 2.75) is 168 Å². The van der Waals surface area contributed by atoms with Crippen LogP contribution in [0.5, 0.6) is 0 Å². The fourth-order valence-electron chi connectivity index (χ4n) is 5.71. The van der Waals surface area contributed by atoms with Crippen LogP contribution in [0.1, 0.15) is 162 Å². The van der Waals surface area contributed by atoms with Gasteiger partial charge >= 0.3 is 11.9 Å². The number of hydrogen-bond acceptors (Lipinski definition) is 5. The Morgan fingerprint density at radius 3 is 1.06 bits per heavy atom. The zero-order valence-electron chi connectivity index (χ0n) is 40.5. The maximum atomic E-state index is 12.8. The van der Waals surface area contributed by atoms with E-state index in [1.54, 1.807) is 0 Å². The summed E-state index contributed by atoms with van der Waals surface area (Å²) < 4.78 is 17.2. The summed E-state index contributed by atoms with van der Waals surface area (Å²) in [6.45, 7) is 7.18. The van der Waals surface area contributed by atoms with Crippen molar-refractivity contribution in [1.82, 2.24) is 0 Å². The molecule has 5 heteroatoms. The zero-order chi connectivity index (χ0) is 46.3. The van der Waals surface area contributed by atoms with Gasteiger partial charge in [-0.05, 0) is 128 Å². The van der Waals surface area contributed by atoms with Crippen LogP contribution in [0.2, 0.25) is 0 Å². The number of rotatable bonds is 42. The third kappa shape index (κ3) is 49.9. The standard InChI is InChI=1S/C59H88O5/c1-4-7-10-13-16-19-22-25-28-29-30-33-36-39-42-45-48-51-54-62-55-57(64-59(61)53-50-47-44-41-38-35-32-27-24-21-18-15-12-9-6-3)56-63-58(60)52-49-46-43-40-37-34-31-26-23-20-17-14-11-8-5-2/h7-12,16-21,25-28,30-33,37-42,46,49,57H,4-6,13-15,22-24,29,34-36,43-45,47-48,50-56H2,1-3H3/b10-7-,11-8-,12-9-,19-16-,20-17-,21-18-,28-25-,31-26-,32-27-,33-30-,40-37-,41-38-,42-39-,49-46-. The SMILES string of the molecule is CC/C=C\C/C=C\C/C=C\C/C=C\C/C=C\CCCCOCC(COC(=O)C/C=C\C/C=C\C/C=C\C/C=C\C/C=C\CC)OC(=O)CCCC/C=C\C/C=C\C/C=C\C/C=C\CC. The van der Waals surface area contributed by atoms with Gasteiger partial charge in [-0.1, -0.05) is 191 Å². The van der Waals surface area contributed by atoms with Gasteiger partial charge in [0.2, 0.25) is 0 Å². The summed E-state index contributed by atoms with van der Waals surface area (Å²) in [6.07, 6.45) is 79.6. The molecule has 0 aromatic heterocycles. The van der Waals surface area contributed by atoms with Crippen LogP contribution in [-0.2, 0) is 23.8 Å². The van der Waals surface area contributed by atoms with Crippen LogP contribution in [-0.4, -0.2) is 37.9 Å². The van der Waals surface area contributed by atoms with Gasteiger partial charge in [-0.15, -0.1) is 0 Å². The van der Waals surface area contributed by atoms with Crippen molar-refractivity contribution in [2.75, 3.05) is 19.8 Å². The van der Waals surface area contributed by atoms with Gasteiger partial charge in [0.05, 0.1) is 13.0 Å². The van der Waals surface area contributed by atoms with Crippen molar-refractivity contribution < 1.29 is 23.8 Å². The van der Waals surface area contributed by atoms with Crippen LogP contribution in [0.15, 0.2) is 170 Å². The molecule has 0 saturated carbocycles. The second kappa shape index (κ2) is 52.6. The van der Waals surface area contributed by atoms with Gasteiger partial charge in [-0.25, -0.2) is 0 Å². The fraction of sp³-hybridized carbons (Fsp3) is 0.492. The Balaban J connectivity index is 4.60. The quantitative estimate of drug-likeness (QED) is 0.0347. The molecule has 1 unspecified atom stereocenters. The Bertz CT molecular complexity index is 1500. The Morgan fingerprint density at radius 1 is 0.359 bits per heavy atom. The Hall–Kier alpha value is -4.74. The number of carbonyl (C=O) groups is 2. The summed E-state index contributed by atoms with van der Waals surface area (Å²) in [6, 6.07) is 0. The highest BCUT2D eigenvalue weighted by Gasteiger charge is 2.17. The molecule has 0 saturated heterocycles. The summed E-state index contributed by atoms with van der Waals surface area (Å²) >= 11 is 0. The van der Waals surface area contributed by atoms with Gasteiger partial charge in [-0.2, -0.15) is 0 Å². The van der Waals surface area contributed by atoms with Crippen LogP contribution in [0.3, 0.4) is 0 Å². The average Bonchev–Trinajstić information content (AvgIpc) is 3.30. The monoisotopic (exact) mass is 877 g/mol. The number of hydrogen-bond donors (Lipinski definition) is 0. The van der Waals surface area contributed by atoms with E-state index in [1.807, 2.05) is 12.2 Å². The fourth-order valence-corrected chi connectivity index (χ4v) is 5.71. The molecule has 0 bridgehead atoms. The Morgan fingerprint density at radius 2 is 0.688 bits per heavy atom. The van der Waals surface area contributed by atoms with E-state index in [0.29, 0.717) is 13.0 Å². The minimum Gasteiger partial charge on any atom is -0.461 e. The largest absolute Gasteiger partial charge is 0.461 e. The second-order valence-electron chi connectivity index (χ2n) is 15.2. The van der Waals surface area contributed by atoms with Crippen LogP contribution in [0.4, 0.5) is 0 Å². The van der Waals surface area contributed by atoms with Crippen LogP contribution in [0.25, 0.3) is 0 Å². The molecule has 0 aliphatic heterocycles. The molecular weight excluding hydrogens is 789 g/mol. The topological polar surface area (TPSA) is 61.8 Å². The number of ether oxygens (including phenoxy) is 3. The number of carbonyl (C=O) groups excluding carboxylic acids is 2. The van der Waals surface area contributed by atoms with E-state index in [2.05, 4.69) is 179 Å². The van der Waals surface area contributed by atoms with Crippen LogP contribution in [0, 0.1) is 0 Å². The molecule has 0 aliphatic carbocycles. The molecule has 0 radical (unpaired) electrons. The summed E-state index contributed by atoms with van der Waals surface area (Å²) in [5.41, 5.74) is 0. The van der Waals surface area contributed by atoms with E-state index in [4.69, 9.17) is 14.2 Å². The maximum Gasteiger partial charge on any atom is 0.309 e. The molecule has 0 aromatic carbocycles. The maximum absolute atomic E-state index is 12.8. The predicted molar refractivity (Wildman–Crippen MR) is 278 cm³/mol. The van der Waals surface area contributed by atoms with Crippen LogP contribution >= 0.6 is 0 Å². The first-order valence-corrected chi connectivity index (χ1v) is 24.7. The smallest absolute Gasteiger partial charge is 0.309 e. The van der Waals surface area contributed by atoms with Crippen LogP contribution < -0.4 is 0 Å². The molecule has 64 heavy (non-hydrogen) atoms. The lowest BCUT2D eigenvalue weighted by Crippen LogP contribution is -2.30. The molecule has 0 N–H and O–H groups in total. The second-order valence-corrected chi connectivity index (χ2v) is 15.2. The lowest BCUT2D eigenvalue weighted by Gasteiger charge is -2.18. The molecule has 0 aliphatic rings. The molecular formula is C59H88O5. The van der Waals surface area contributed by atoms with Gasteiger partial charge in [0.25, 0.3) is 0 Å². The minimum absolute atomic E-state index is 0.0166. The summed E-state index contributed by atoms with van der Waals surface area (Å²) in [5.74, 6) is -0.636. The highest BCUT2D eigenvalue weighted by Crippen LogP contribution is 2.08. The van der Waals surface area contributed by atoms with Gasteiger partial charge in [0.15, 0.2) is 6.10 Å². The Kier molecular flexibility index (Phi) is 48.7. The van der Waals surface area contributed by atoms with E-state index in [-0.39, 0.29) is 31.6 Å². The molecule has 0 fully saturated rings. The molecule has 1 atom stereocenters. The Labute approximate surface area is 392 Å². The van der Waals surface area contributed by atoms with E-state index in [0.717, 1.165) is 128 Å². The summed E-state index contributed by atoms with van der Waals surface area (Å²) in [5, 5.41) is 0. The third-order valence-electron chi connectivity index (χ3n) is 9.26. The predicted octanol–water partition coefficient (Wildman–Crippen LogP) is 16.9. The number of allylic oxidation sites excluding steroid dienone is 27. The minimum atomic E-state index is -0.634. The highest BCUT2D eigenvalue weighted by atomic mass is 16.6. The average molecular weight is 877 g/mol. The first-order valence-electron chi connectivity index (χ1n) is 24.7. The van der Waals surface area contributed by atoms with Crippen molar-refractivity contribution in [3.63, 3.8) is 0 Å². The molecule has 354 valence electrons. The lowest BCUT2D eigenvalue weighted by atomic mass is 10.2. The van der Waals surface area contributed by atoms with Gasteiger partial charge in [-0.3, -0.25) is 9.59 Å². The number of esters is 2.